The van der Waals surface area contributed by atoms with E-state index in [4.69, 9.17) is 0 Å². The number of aromatic nitrogens is 2. The molecule has 0 bridgehead atoms. The van der Waals surface area contributed by atoms with Gasteiger partial charge in [-0.1, -0.05) is 26.0 Å². The second-order valence-electron chi connectivity index (χ2n) is 9.24. The molecule has 1 aromatic heterocycles. The molecule has 0 saturated carbocycles. The number of benzene rings is 2. The summed E-state index contributed by atoms with van der Waals surface area (Å²) in [5, 5.41) is 0.515. The summed E-state index contributed by atoms with van der Waals surface area (Å²) in [5.41, 5.74) is 2.03. The Labute approximate surface area is 198 Å². The molecule has 3 heterocycles. The van der Waals surface area contributed by atoms with Crippen molar-refractivity contribution in [1.82, 2.24) is 18.8 Å². The van der Waals surface area contributed by atoms with E-state index in [1.165, 1.54) is 4.31 Å². The lowest BCUT2D eigenvalue weighted by Crippen LogP contribution is -2.50. The molecule has 34 heavy (non-hydrogen) atoms. The van der Waals surface area contributed by atoms with Crippen LogP contribution in [0.3, 0.4) is 0 Å². The number of amides is 1. The average Bonchev–Trinajstić information content (AvgIpc) is 3.32. The van der Waals surface area contributed by atoms with Crippen LogP contribution in [0.1, 0.15) is 47.9 Å². The van der Waals surface area contributed by atoms with Crippen LogP contribution in [0.2, 0.25) is 0 Å². The molecule has 8 nitrogen and oxygen atoms in total. The van der Waals surface area contributed by atoms with Crippen molar-refractivity contribution in [1.29, 1.82) is 0 Å². The van der Waals surface area contributed by atoms with E-state index < -0.39 is 10.0 Å². The minimum absolute atomic E-state index is 0.0586. The molecule has 0 N–H and O–H groups in total. The molecule has 5 rings (SSSR count). The minimum Gasteiger partial charge on any atom is -0.336 e. The number of nitrogens with zero attached hydrogens (tertiary/aromatic N) is 4. The van der Waals surface area contributed by atoms with E-state index in [1.807, 2.05) is 12.1 Å². The van der Waals surface area contributed by atoms with Crippen LogP contribution < -0.4 is 5.56 Å². The summed E-state index contributed by atoms with van der Waals surface area (Å²) in [5.74, 6) is 0.918. The molecule has 1 saturated heterocycles. The van der Waals surface area contributed by atoms with E-state index >= 15 is 0 Å². The molecule has 9 heteroatoms. The van der Waals surface area contributed by atoms with E-state index in [0.29, 0.717) is 42.0 Å². The van der Waals surface area contributed by atoms with Crippen molar-refractivity contribution in [3.63, 3.8) is 0 Å². The van der Waals surface area contributed by atoms with Crippen LogP contribution in [0.25, 0.3) is 10.9 Å². The zero-order chi connectivity index (χ0) is 24.0. The summed E-state index contributed by atoms with van der Waals surface area (Å²) in [6.45, 7) is 5.90. The number of hydrogen-bond acceptors (Lipinski definition) is 5. The van der Waals surface area contributed by atoms with Gasteiger partial charge in [-0.2, -0.15) is 4.31 Å². The second kappa shape index (κ2) is 8.63. The van der Waals surface area contributed by atoms with E-state index in [0.717, 1.165) is 24.2 Å². The van der Waals surface area contributed by atoms with E-state index in [9.17, 15) is 18.0 Å². The molecule has 2 aliphatic rings. The van der Waals surface area contributed by atoms with Crippen molar-refractivity contribution < 1.29 is 13.2 Å². The van der Waals surface area contributed by atoms with Crippen LogP contribution in [0.15, 0.2) is 52.2 Å². The highest BCUT2D eigenvalue weighted by molar-refractivity contribution is 7.89. The van der Waals surface area contributed by atoms with Crippen LogP contribution in [-0.4, -0.2) is 59.3 Å². The maximum Gasteiger partial charge on any atom is 0.261 e. The molecule has 0 unspecified atom stereocenters. The maximum atomic E-state index is 13.1. The lowest BCUT2D eigenvalue weighted by Gasteiger charge is -2.34. The standard InChI is InChI=1S/C25H28N4O4S/c1-17(2)18-5-8-20(9-6-18)34(32,33)28-14-12-27(13-15-28)24(30)19-7-10-21-22(16-19)26-23-4-3-11-29(23)25(21)31/h5-10,16-17H,3-4,11-15H2,1-2H3. The Bertz CT molecular complexity index is 1420. The summed E-state index contributed by atoms with van der Waals surface area (Å²) in [6, 6.07) is 12.0. The number of carbonyl (C=O) groups excluding carboxylic acids is 1. The molecule has 0 aliphatic carbocycles. The van der Waals surface area contributed by atoms with Gasteiger partial charge >= 0.3 is 0 Å². The Morgan fingerprint density at radius 3 is 2.35 bits per heavy atom. The van der Waals surface area contributed by atoms with Crippen molar-refractivity contribution >= 4 is 26.8 Å². The number of fused-ring (bicyclic) bond motifs is 2. The van der Waals surface area contributed by atoms with Gasteiger partial charge in [0.25, 0.3) is 11.5 Å². The Morgan fingerprint density at radius 2 is 1.68 bits per heavy atom. The van der Waals surface area contributed by atoms with Gasteiger partial charge in [0.1, 0.15) is 5.82 Å². The average molecular weight is 481 g/mol. The van der Waals surface area contributed by atoms with Crippen LogP contribution in [0.4, 0.5) is 0 Å². The quantitative estimate of drug-likeness (QED) is 0.572. The van der Waals surface area contributed by atoms with Crippen molar-refractivity contribution in [3.8, 4) is 0 Å². The van der Waals surface area contributed by atoms with Crippen LogP contribution in [0, 0.1) is 0 Å². The molecule has 178 valence electrons. The van der Waals surface area contributed by atoms with Gasteiger partial charge in [-0.15, -0.1) is 0 Å². The summed E-state index contributed by atoms with van der Waals surface area (Å²) >= 11 is 0. The predicted molar refractivity (Wildman–Crippen MR) is 130 cm³/mol. The molecule has 3 aromatic rings. The van der Waals surface area contributed by atoms with Gasteiger partial charge in [0.2, 0.25) is 10.0 Å². The smallest absolute Gasteiger partial charge is 0.261 e. The van der Waals surface area contributed by atoms with Gasteiger partial charge in [0.05, 0.1) is 15.8 Å². The topological polar surface area (TPSA) is 92.6 Å². The van der Waals surface area contributed by atoms with Gasteiger partial charge < -0.3 is 4.90 Å². The number of rotatable bonds is 4. The van der Waals surface area contributed by atoms with Crippen LogP contribution >= 0.6 is 0 Å². The minimum atomic E-state index is -3.61. The van der Waals surface area contributed by atoms with Crippen molar-refractivity contribution in [2.75, 3.05) is 26.2 Å². The normalized spacial score (nSPS) is 16.9. The number of hydrogen-bond donors (Lipinski definition) is 0. The van der Waals surface area contributed by atoms with Crippen molar-refractivity contribution in [3.05, 3.63) is 69.8 Å². The third kappa shape index (κ3) is 3.92. The van der Waals surface area contributed by atoms with Crippen molar-refractivity contribution in [2.45, 2.75) is 44.0 Å². The molecule has 1 fully saturated rings. The van der Waals surface area contributed by atoms with Gasteiger partial charge in [-0.3, -0.25) is 14.2 Å². The molecular weight excluding hydrogens is 452 g/mol. The monoisotopic (exact) mass is 480 g/mol. The lowest BCUT2D eigenvalue weighted by atomic mass is 10.0. The first-order valence-electron chi connectivity index (χ1n) is 11.7. The van der Waals surface area contributed by atoms with Crippen LogP contribution in [0.5, 0.6) is 0 Å². The SMILES string of the molecule is CC(C)c1ccc(S(=O)(=O)N2CCN(C(=O)c3ccc4c(=O)n5c(nc4c3)CCC5)CC2)cc1. The number of piperazine rings is 1. The fourth-order valence-corrected chi connectivity index (χ4v) is 6.13. The highest BCUT2D eigenvalue weighted by atomic mass is 32.2. The number of sulfonamides is 1. The maximum absolute atomic E-state index is 13.1. The van der Waals surface area contributed by atoms with Gasteiger partial charge in [0.15, 0.2) is 0 Å². The Kier molecular flexibility index (Phi) is 5.77. The first-order chi connectivity index (χ1) is 16.3. The highest BCUT2D eigenvalue weighted by Gasteiger charge is 2.30. The summed E-state index contributed by atoms with van der Waals surface area (Å²) in [7, 11) is -3.61. The fourth-order valence-electron chi connectivity index (χ4n) is 4.70. The Hall–Kier alpha value is -3.04. The van der Waals surface area contributed by atoms with Crippen LogP contribution in [-0.2, 0) is 23.0 Å². The van der Waals surface area contributed by atoms with Gasteiger partial charge in [-0.05, 0) is 48.2 Å². The van der Waals surface area contributed by atoms with E-state index in [1.54, 1.807) is 39.8 Å². The molecule has 2 aliphatic heterocycles. The Morgan fingerprint density at radius 1 is 0.971 bits per heavy atom. The fraction of sp³-hybridized carbons (Fsp3) is 0.400. The third-order valence-corrected chi connectivity index (χ3v) is 8.69. The zero-order valence-corrected chi connectivity index (χ0v) is 20.2. The predicted octanol–water partition coefficient (Wildman–Crippen LogP) is 2.61. The highest BCUT2D eigenvalue weighted by Crippen LogP contribution is 2.22. The summed E-state index contributed by atoms with van der Waals surface area (Å²) in [6.07, 6.45) is 1.67. The van der Waals surface area contributed by atoms with E-state index in [-0.39, 0.29) is 29.5 Å². The summed E-state index contributed by atoms with van der Waals surface area (Å²) < 4.78 is 29.3. The van der Waals surface area contributed by atoms with Gasteiger partial charge in [-0.25, -0.2) is 13.4 Å². The molecule has 0 spiro atoms. The van der Waals surface area contributed by atoms with Gasteiger partial charge in [0, 0.05) is 44.7 Å². The largest absolute Gasteiger partial charge is 0.336 e. The van der Waals surface area contributed by atoms with Crippen molar-refractivity contribution in [2.24, 2.45) is 0 Å². The summed E-state index contributed by atoms with van der Waals surface area (Å²) in [4.78, 5) is 32.3. The molecule has 2 aromatic carbocycles. The molecule has 0 atom stereocenters. The number of aryl methyl sites for hydroxylation is 1. The third-order valence-electron chi connectivity index (χ3n) is 6.77. The molecule has 1 amide bonds. The number of carbonyl (C=O) groups is 1. The second-order valence-corrected chi connectivity index (χ2v) is 11.2. The Balaban J connectivity index is 1.31. The lowest BCUT2D eigenvalue weighted by molar-refractivity contribution is 0.0698. The van der Waals surface area contributed by atoms with E-state index in [2.05, 4.69) is 18.8 Å². The molecule has 0 radical (unpaired) electrons. The first kappa shape index (κ1) is 22.7. The molecular formula is C25H28N4O4S. The zero-order valence-electron chi connectivity index (χ0n) is 19.4. The first-order valence-corrected chi connectivity index (χ1v) is 13.1.